The Hall–Kier alpha value is -8.64. The van der Waals surface area contributed by atoms with Gasteiger partial charge in [-0.2, -0.15) is 0 Å². The summed E-state index contributed by atoms with van der Waals surface area (Å²) in [6.07, 6.45) is 0. The summed E-state index contributed by atoms with van der Waals surface area (Å²) in [7, 11) is 0. The van der Waals surface area contributed by atoms with E-state index in [-0.39, 0.29) is 66.5 Å². The Morgan fingerprint density at radius 1 is 0.400 bits per heavy atom. The van der Waals surface area contributed by atoms with Crippen molar-refractivity contribution in [2.75, 3.05) is 0 Å². The van der Waals surface area contributed by atoms with Crippen LogP contribution in [0.4, 0.5) is 0 Å². The smallest absolute Gasteiger partial charge is 0.340 e. The van der Waals surface area contributed by atoms with E-state index in [0.29, 0.717) is 39.1 Å². The number of carbonyl (C=O) groups is 4. The van der Waals surface area contributed by atoms with Crippen LogP contribution in [0.25, 0.3) is 61.4 Å². The zero-order valence-corrected chi connectivity index (χ0v) is 31.3. The third-order valence-corrected chi connectivity index (χ3v) is 10.5. The summed E-state index contributed by atoms with van der Waals surface area (Å²) in [4.78, 5) is 63.8. The fraction of sp³-hybridized carbons (Fsp3) is 0. The van der Waals surface area contributed by atoms with Crippen molar-refractivity contribution in [1.82, 2.24) is 19.5 Å². The fourth-order valence-corrected chi connectivity index (χ4v) is 8.08. The SMILES string of the molecule is O=C(O)C1=c2ccc([nH]2)=C(C(=O)O)c2cc(-c3ccccc3)c([nH]2)C(C(=O)O)=c2c(-c3ccccc3)c(-c3ccccc3)c(n2-c2ccccc2)=C(C(=O)O)c2ccc1[nH]2. The first kappa shape index (κ1) is 37.0. The summed E-state index contributed by atoms with van der Waals surface area (Å²) < 4.78 is 1.61. The number of aromatic nitrogens is 4. The second-order valence-corrected chi connectivity index (χ2v) is 14.0. The largest absolute Gasteiger partial charge is 0.478 e. The molecule has 0 spiro atoms. The molecular weight excluding hydrogens is 761 g/mol. The molecule has 8 bridgehead atoms. The van der Waals surface area contributed by atoms with Crippen molar-refractivity contribution in [3.05, 3.63) is 196 Å². The summed E-state index contributed by atoms with van der Waals surface area (Å²) in [6.45, 7) is 0. The number of para-hydroxylation sites is 1. The molecule has 0 radical (unpaired) electrons. The highest BCUT2D eigenvalue weighted by Crippen LogP contribution is 2.35. The van der Waals surface area contributed by atoms with E-state index >= 15 is 0 Å². The first-order valence-corrected chi connectivity index (χ1v) is 18.7. The van der Waals surface area contributed by atoms with Crippen LogP contribution in [0.15, 0.2) is 152 Å². The van der Waals surface area contributed by atoms with Crippen LogP contribution in [0.3, 0.4) is 0 Å². The molecule has 0 amide bonds. The minimum atomic E-state index is -1.39. The first-order valence-electron chi connectivity index (χ1n) is 18.7. The number of aliphatic carboxylic acids is 4. The number of carboxylic acids is 4. The van der Waals surface area contributed by atoms with Crippen molar-refractivity contribution in [3.8, 4) is 39.1 Å². The lowest BCUT2D eigenvalue weighted by Crippen LogP contribution is -2.33. The molecule has 12 heteroatoms. The van der Waals surface area contributed by atoms with Gasteiger partial charge in [-0.05, 0) is 59.2 Å². The zero-order chi connectivity index (χ0) is 41.7. The van der Waals surface area contributed by atoms with Crippen LogP contribution in [-0.2, 0) is 19.2 Å². The van der Waals surface area contributed by atoms with Gasteiger partial charge in [0.15, 0.2) is 0 Å². The van der Waals surface area contributed by atoms with Gasteiger partial charge in [-0.25, -0.2) is 19.2 Å². The summed E-state index contributed by atoms with van der Waals surface area (Å²) in [5, 5.41) is 44.7. The third-order valence-electron chi connectivity index (χ3n) is 10.5. The van der Waals surface area contributed by atoms with Crippen LogP contribution in [0.2, 0.25) is 0 Å². The lowest BCUT2D eigenvalue weighted by atomic mass is 9.93. The van der Waals surface area contributed by atoms with E-state index in [4.69, 9.17) is 0 Å². The quantitative estimate of drug-likeness (QED) is 0.113. The molecule has 60 heavy (non-hydrogen) atoms. The molecular formula is C48H32N4O8. The minimum Gasteiger partial charge on any atom is -0.478 e. The second kappa shape index (κ2) is 14.7. The Morgan fingerprint density at radius 2 is 0.817 bits per heavy atom. The predicted molar refractivity (Wildman–Crippen MR) is 224 cm³/mol. The number of rotatable bonds is 8. The molecule has 0 saturated heterocycles. The summed E-state index contributed by atoms with van der Waals surface area (Å²) in [6, 6.07) is 43.0. The van der Waals surface area contributed by atoms with E-state index in [1.54, 1.807) is 95.6 Å². The number of hydrogen-bond acceptors (Lipinski definition) is 4. The molecule has 0 saturated carbocycles. The number of nitrogens with one attached hydrogen (secondary N) is 3. The molecule has 4 aromatic heterocycles. The number of aromatic amines is 3. The standard InChI is InChI=1S/C48H32N4O8/c53-45(54)38-31-21-22-33(49-31)39(46(55)56)35-25-30(26-13-5-1-6-14-26)42(51-35)41(48(59)60)44-37(28-17-9-3-10-18-28)36(27-15-7-2-8-16-27)43(52(44)29-19-11-4-12-20-29)40(47(57)58)34-24-23-32(38)50-34/h1-25,49-51H,(H,53,54)(H,55,56)(H,57,58)(H,59,60). The zero-order valence-electron chi connectivity index (χ0n) is 31.3. The van der Waals surface area contributed by atoms with Gasteiger partial charge in [0.25, 0.3) is 0 Å². The van der Waals surface area contributed by atoms with Gasteiger partial charge in [0.05, 0.1) is 44.2 Å². The van der Waals surface area contributed by atoms with E-state index < -0.39 is 23.9 Å². The van der Waals surface area contributed by atoms with E-state index in [1.807, 2.05) is 36.4 Å². The van der Waals surface area contributed by atoms with Crippen molar-refractivity contribution in [1.29, 1.82) is 0 Å². The normalized spacial score (nSPS) is 12.4. The summed E-state index contributed by atoms with van der Waals surface area (Å²) in [5.41, 5.74) is 2.16. The highest BCUT2D eigenvalue weighted by Gasteiger charge is 2.32. The van der Waals surface area contributed by atoms with Gasteiger partial charge in [-0.1, -0.05) is 109 Å². The number of benzene rings is 4. The summed E-state index contributed by atoms with van der Waals surface area (Å²) >= 11 is 0. The summed E-state index contributed by atoms with van der Waals surface area (Å²) in [5.74, 6) is -5.52. The Kier molecular flexibility index (Phi) is 9.06. The van der Waals surface area contributed by atoms with E-state index in [2.05, 4.69) is 15.0 Å². The fourth-order valence-electron chi connectivity index (χ4n) is 8.08. The maximum Gasteiger partial charge on any atom is 0.340 e. The molecule has 0 fully saturated rings. The minimum absolute atomic E-state index is 0.0231. The van der Waals surface area contributed by atoms with Gasteiger partial charge < -0.3 is 39.9 Å². The van der Waals surface area contributed by atoms with Gasteiger partial charge in [0.1, 0.15) is 22.3 Å². The van der Waals surface area contributed by atoms with Gasteiger partial charge in [0.2, 0.25) is 0 Å². The number of carboxylic acid groups (broad SMARTS) is 4. The third kappa shape index (κ3) is 6.12. The number of fused-ring (bicyclic) bond motifs is 8. The van der Waals surface area contributed by atoms with Crippen LogP contribution < -0.4 is 21.4 Å². The van der Waals surface area contributed by atoms with Crippen LogP contribution in [0.5, 0.6) is 0 Å². The molecule has 1 aliphatic heterocycles. The Morgan fingerprint density at radius 3 is 1.30 bits per heavy atom. The maximum atomic E-state index is 14.3. The van der Waals surface area contributed by atoms with Crippen LogP contribution in [0.1, 0.15) is 22.8 Å². The lowest BCUT2D eigenvalue weighted by Gasteiger charge is -2.12. The van der Waals surface area contributed by atoms with E-state index in [1.165, 1.54) is 24.3 Å². The maximum absolute atomic E-state index is 14.3. The molecule has 292 valence electrons. The topological polar surface area (TPSA) is 201 Å². The Bertz CT molecular complexity index is 3300. The highest BCUT2D eigenvalue weighted by atomic mass is 16.4. The van der Waals surface area contributed by atoms with Gasteiger partial charge in [-0.3, -0.25) is 0 Å². The number of nitrogens with zero attached hydrogens (tertiary/aromatic N) is 1. The molecule has 0 aliphatic carbocycles. The number of hydrogen-bond donors (Lipinski definition) is 7. The van der Waals surface area contributed by atoms with E-state index in [0.717, 1.165) is 0 Å². The second-order valence-electron chi connectivity index (χ2n) is 14.0. The number of H-pyrrole nitrogens is 3. The van der Waals surface area contributed by atoms with Gasteiger partial charge in [0, 0.05) is 22.4 Å². The molecule has 5 heterocycles. The molecule has 7 N–H and O–H groups in total. The molecule has 0 unspecified atom stereocenters. The van der Waals surface area contributed by atoms with Gasteiger partial charge in [-0.15, -0.1) is 0 Å². The monoisotopic (exact) mass is 792 g/mol. The van der Waals surface area contributed by atoms with Crippen molar-refractivity contribution in [3.63, 3.8) is 0 Å². The highest BCUT2D eigenvalue weighted by molar-refractivity contribution is 6.20. The van der Waals surface area contributed by atoms with Crippen molar-refractivity contribution in [2.45, 2.75) is 0 Å². The van der Waals surface area contributed by atoms with Crippen molar-refractivity contribution in [2.24, 2.45) is 0 Å². The van der Waals surface area contributed by atoms with Crippen molar-refractivity contribution < 1.29 is 39.6 Å². The molecule has 12 nitrogen and oxygen atoms in total. The van der Waals surface area contributed by atoms with Crippen LogP contribution in [0, 0.1) is 0 Å². The van der Waals surface area contributed by atoms with E-state index in [9.17, 15) is 39.6 Å². The molecule has 9 rings (SSSR count). The molecule has 1 aliphatic rings. The predicted octanol–water partition coefficient (Wildman–Crippen LogP) is 4.91. The average molecular weight is 793 g/mol. The lowest BCUT2D eigenvalue weighted by molar-refractivity contribution is -0.131. The average Bonchev–Trinajstić information content (AvgIpc) is 4.06. The molecule has 4 aromatic carbocycles. The Labute approximate surface area is 339 Å². The first-order chi connectivity index (χ1) is 29.1. The van der Waals surface area contributed by atoms with Crippen LogP contribution >= 0.6 is 0 Å². The Balaban J connectivity index is 1.68. The van der Waals surface area contributed by atoms with Crippen LogP contribution in [-0.4, -0.2) is 63.8 Å². The van der Waals surface area contributed by atoms with Crippen molar-refractivity contribution >= 4 is 46.2 Å². The molecule has 8 aromatic rings. The van der Waals surface area contributed by atoms with Gasteiger partial charge >= 0.3 is 23.9 Å². The molecule has 0 atom stereocenters.